The Morgan fingerprint density at radius 3 is 2.68 bits per heavy atom. The van der Waals surface area contributed by atoms with Crippen molar-refractivity contribution in [3.05, 3.63) is 71.4 Å². The number of pyridine rings is 1. The minimum Gasteiger partial charge on any atom is -0.320 e. The number of nitrogens with one attached hydrogen (secondary N) is 1. The number of amides is 3. The molecule has 3 aromatic rings. The Bertz CT molecular complexity index is 1120. The van der Waals surface area contributed by atoms with E-state index in [0.717, 1.165) is 15.8 Å². The van der Waals surface area contributed by atoms with Crippen LogP contribution in [0.2, 0.25) is 0 Å². The first-order chi connectivity index (χ1) is 13.5. The highest BCUT2D eigenvalue weighted by Gasteiger charge is 2.38. The summed E-state index contributed by atoms with van der Waals surface area (Å²) in [6.45, 7) is 1.88. The molecule has 0 spiro atoms. The lowest BCUT2D eigenvalue weighted by Gasteiger charge is -2.15. The fraction of sp³-hybridized carbons (Fsp3) is 0.182. The Morgan fingerprint density at radius 1 is 1.14 bits per heavy atom. The van der Waals surface area contributed by atoms with E-state index in [1.54, 1.807) is 24.4 Å². The molecule has 6 nitrogen and oxygen atoms in total. The molecular weight excluding hydrogens is 354 g/mol. The molecule has 1 unspecified atom stereocenters. The highest BCUT2D eigenvalue weighted by Crippen LogP contribution is 2.32. The summed E-state index contributed by atoms with van der Waals surface area (Å²) in [5.74, 6) is -1.48. The number of fused-ring (bicyclic) bond motifs is 1. The number of anilines is 1. The maximum absolute atomic E-state index is 13.1. The summed E-state index contributed by atoms with van der Waals surface area (Å²) in [6, 6.07) is 14.7. The molecule has 3 amide bonds. The maximum Gasteiger partial charge on any atom is 0.256 e. The molecular formula is C22H19N3O3. The topological polar surface area (TPSA) is 79.4 Å². The van der Waals surface area contributed by atoms with Crippen molar-refractivity contribution in [1.82, 2.24) is 9.88 Å². The fourth-order valence-electron chi connectivity index (χ4n) is 3.56. The average Bonchev–Trinajstić information content (AvgIpc) is 2.95. The molecule has 1 fully saturated rings. The lowest BCUT2D eigenvalue weighted by molar-refractivity contribution is -0.137. The molecule has 0 radical (unpaired) electrons. The quantitative estimate of drug-likeness (QED) is 0.715. The highest BCUT2D eigenvalue weighted by atomic mass is 16.2. The van der Waals surface area contributed by atoms with Crippen LogP contribution in [0, 0.1) is 6.92 Å². The van der Waals surface area contributed by atoms with E-state index < -0.39 is 5.92 Å². The zero-order valence-corrected chi connectivity index (χ0v) is 15.6. The van der Waals surface area contributed by atoms with Gasteiger partial charge in [0.15, 0.2) is 0 Å². The molecule has 2 heterocycles. The van der Waals surface area contributed by atoms with Crippen LogP contribution >= 0.6 is 0 Å². The molecule has 1 aliphatic heterocycles. The first-order valence-electron chi connectivity index (χ1n) is 9.02. The van der Waals surface area contributed by atoms with Crippen LogP contribution in [-0.4, -0.2) is 34.7 Å². The van der Waals surface area contributed by atoms with Crippen molar-refractivity contribution in [2.75, 3.05) is 12.4 Å². The van der Waals surface area contributed by atoms with Crippen molar-refractivity contribution in [2.24, 2.45) is 0 Å². The van der Waals surface area contributed by atoms with E-state index in [2.05, 4.69) is 10.3 Å². The number of carbonyl (C=O) groups excluding carboxylic acids is 3. The lowest BCUT2D eigenvalue weighted by Crippen LogP contribution is -2.26. The van der Waals surface area contributed by atoms with Crippen LogP contribution < -0.4 is 5.32 Å². The van der Waals surface area contributed by atoms with Gasteiger partial charge in [0.05, 0.1) is 17.1 Å². The van der Waals surface area contributed by atoms with Gasteiger partial charge in [-0.1, -0.05) is 35.9 Å². The monoisotopic (exact) mass is 373 g/mol. The Labute approximate surface area is 162 Å². The van der Waals surface area contributed by atoms with Gasteiger partial charge in [-0.2, -0.15) is 0 Å². The van der Waals surface area contributed by atoms with E-state index in [1.165, 1.54) is 7.05 Å². The van der Waals surface area contributed by atoms with Crippen LogP contribution in [0.3, 0.4) is 0 Å². The minimum absolute atomic E-state index is 0.0779. The van der Waals surface area contributed by atoms with E-state index in [9.17, 15) is 14.4 Å². The molecule has 6 heteroatoms. The number of imide groups is 1. The number of benzene rings is 2. The third-order valence-electron chi connectivity index (χ3n) is 5.09. The summed E-state index contributed by atoms with van der Waals surface area (Å²) < 4.78 is 0. The van der Waals surface area contributed by atoms with Gasteiger partial charge in [-0.05, 0) is 30.7 Å². The molecule has 1 aromatic heterocycles. The summed E-state index contributed by atoms with van der Waals surface area (Å²) in [5.41, 5.74) is 3.16. The molecule has 28 heavy (non-hydrogen) atoms. The van der Waals surface area contributed by atoms with Crippen molar-refractivity contribution < 1.29 is 14.4 Å². The average molecular weight is 373 g/mol. The number of aryl methyl sites for hydroxylation is 1. The predicted octanol–water partition coefficient (Wildman–Crippen LogP) is 3.27. The number of rotatable bonds is 3. The highest BCUT2D eigenvalue weighted by molar-refractivity contribution is 6.12. The zero-order valence-electron chi connectivity index (χ0n) is 15.6. The van der Waals surface area contributed by atoms with Crippen molar-refractivity contribution in [3.63, 3.8) is 0 Å². The van der Waals surface area contributed by atoms with E-state index >= 15 is 0 Å². The van der Waals surface area contributed by atoms with Gasteiger partial charge in [-0.3, -0.25) is 24.3 Å². The van der Waals surface area contributed by atoms with E-state index in [1.807, 2.05) is 37.3 Å². The van der Waals surface area contributed by atoms with Crippen molar-refractivity contribution in [3.8, 4) is 0 Å². The Kier molecular flexibility index (Phi) is 4.39. The first-order valence-corrected chi connectivity index (χ1v) is 9.02. The molecule has 0 bridgehead atoms. The van der Waals surface area contributed by atoms with Gasteiger partial charge in [0.2, 0.25) is 11.8 Å². The van der Waals surface area contributed by atoms with Gasteiger partial charge in [-0.15, -0.1) is 0 Å². The predicted molar refractivity (Wildman–Crippen MR) is 106 cm³/mol. The van der Waals surface area contributed by atoms with Crippen molar-refractivity contribution in [2.45, 2.75) is 19.3 Å². The van der Waals surface area contributed by atoms with Gasteiger partial charge in [0.25, 0.3) is 5.91 Å². The van der Waals surface area contributed by atoms with Gasteiger partial charge >= 0.3 is 0 Å². The number of likely N-dealkylation sites (tertiary alicyclic amines) is 1. The molecule has 1 aliphatic rings. The molecule has 0 saturated carbocycles. The second-order valence-corrected chi connectivity index (χ2v) is 6.97. The van der Waals surface area contributed by atoms with Gasteiger partial charge < -0.3 is 5.32 Å². The number of likely N-dealkylation sites (N-methyl/N-ethyl adjacent to an activating group) is 1. The van der Waals surface area contributed by atoms with Gasteiger partial charge in [-0.25, -0.2) is 0 Å². The number of hydrogen-bond acceptors (Lipinski definition) is 4. The first kappa shape index (κ1) is 17.9. The van der Waals surface area contributed by atoms with Crippen LogP contribution in [0.4, 0.5) is 5.69 Å². The summed E-state index contributed by atoms with van der Waals surface area (Å²) in [4.78, 5) is 43.0. The largest absolute Gasteiger partial charge is 0.320 e. The van der Waals surface area contributed by atoms with Crippen LogP contribution in [0.25, 0.3) is 10.9 Å². The minimum atomic E-state index is -0.635. The Hall–Kier alpha value is -3.54. The Morgan fingerprint density at radius 2 is 1.93 bits per heavy atom. The molecule has 1 atom stereocenters. The third kappa shape index (κ3) is 3.03. The maximum atomic E-state index is 13.1. The SMILES string of the molecule is Cc1ccc(C2CC(=O)N(C)C2=O)c(C(=O)Nc2cccc3cccnc23)c1. The number of para-hydroxylation sites is 1. The fourth-order valence-corrected chi connectivity index (χ4v) is 3.56. The second-order valence-electron chi connectivity index (χ2n) is 6.97. The van der Waals surface area contributed by atoms with Crippen molar-refractivity contribution in [1.29, 1.82) is 0 Å². The zero-order chi connectivity index (χ0) is 19.8. The molecule has 1 N–H and O–H groups in total. The molecule has 140 valence electrons. The van der Waals surface area contributed by atoms with Gasteiger partial charge in [0.1, 0.15) is 0 Å². The van der Waals surface area contributed by atoms with E-state index in [-0.39, 0.29) is 24.1 Å². The van der Waals surface area contributed by atoms with Crippen LogP contribution in [0.5, 0.6) is 0 Å². The van der Waals surface area contributed by atoms with Crippen LogP contribution in [0.15, 0.2) is 54.7 Å². The molecule has 1 saturated heterocycles. The summed E-state index contributed by atoms with van der Waals surface area (Å²) in [5, 5.41) is 3.84. The smallest absolute Gasteiger partial charge is 0.256 e. The van der Waals surface area contributed by atoms with E-state index in [4.69, 9.17) is 0 Å². The van der Waals surface area contributed by atoms with Crippen molar-refractivity contribution >= 4 is 34.3 Å². The molecule has 0 aliphatic carbocycles. The summed E-state index contributed by atoms with van der Waals surface area (Å²) >= 11 is 0. The number of nitrogens with zero attached hydrogens (tertiary/aromatic N) is 2. The molecule has 4 rings (SSSR count). The Balaban J connectivity index is 1.73. The third-order valence-corrected chi connectivity index (χ3v) is 5.09. The summed E-state index contributed by atoms with van der Waals surface area (Å²) in [7, 11) is 1.47. The molecule has 2 aromatic carbocycles. The number of aromatic nitrogens is 1. The normalized spacial score (nSPS) is 16.6. The summed E-state index contributed by atoms with van der Waals surface area (Å²) in [6.07, 6.45) is 1.75. The van der Waals surface area contributed by atoms with Crippen LogP contribution in [0.1, 0.15) is 33.8 Å². The van der Waals surface area contributed by atoms with E-state index in [0.29, 0.717) is 22.3 Å². The second kappa shape index (κ2) is 6.88. The van der Waals surface area contributed by atoms with Gasteiger partial charge in [0, 0.05) is 30.6 Å². The standard InChI is InChI=1S/C22H19N3O3/c1-13-8-9-15(17-12-19(26)25(2)22(17)28)16(11-13)21(27)24-18-7-3-5-14-6-4-10-23-20(14)18/h3-11,17H,12H2,1-2H3,(H,24,27). The number of hydrogen-bond donors (Lipinski definition) is 1. The number of carbonyl (C=O) groups is 3. The lowest BCUT2D eigenvalue weighted by atomic mass is 9.91. The van der Waals surface area contributed by atoms with Crippen LogP contribution in [-0.2, 0) is 9.59 Å².